The van der Waals surface area contributed by atoms with Crippen molar-refractivity contribution in [3.63, 3.8) is 0 Å². The van der Waals surface area contributed by atoms with Crippen LogP contribution in [0, 0.1) is 5.41 Å². The molecule has 0 unspecified atom stereocenters. The van der Waals surface area contributed by atoms with Gasteiger partial charge in [0.15, 0.2) is 0 Å². The molecule has 0 aliphatic heterocycles. The molecule has 2 nitrogen and oxygen atoms in total. The van der Waals surface area contributed by atoms with Crippen LogP contribution >= 0.6 is 0 Å². The Morgan fingerprint density at radius 2 is 1.64 bits per heavy atom. The van der Waals surface area contributed by atoms with E-state index in [-0.39, 0.29) is 0 Å². The zero-order valence-electron chi connectivity index (χ0n) is 9.55. The van der Waals surface area contributed by atoms with Crippen LogP contribution in [0.15, 0.2) is 0 Å². The van der Waals surface area contributed by atoms with Gasteiger partial charge in [0.25, 0.3) is 0 Å². The van der Waals surface area contributed by atoms with Gasteiger partial charge in [0.05, 0.1) is 0 Å². The first-order valence-electron chi connectivity index (χ1n) is 6.07. The highest BCUT2D eigenvalue weighted by atomic mass is 15.0. The van der Waals surface area contributed by atoms with Gasteiger partial charge < -0.3 is 11.1 Å². The molecule has 0 aromatic heterocycles. The summed E-state index contributed by atoms with van der Waals surface area (Å²) >= 11 is 0. The lowest BCUT2D eigenvalue weighted by Gasteiger charge is -2.40. The van der Waals surface area contributed by atoms with E-state index in [4.69, 9.17) is 5.73 Å². The molecule has 2 heteroatoms. The number of hydrogen-bond donors (Lipinski definition) is 2. The highest BCUT2D eigenvalue weighted by Gasteiger charge is 2.31. The van der Waals surface area contributed by atoms with E-state index < -0.39 is 0 Å². The van der Waals surface area contributed by atoms with Crippen LogP contribution in [0.4, 0.5) is 0 Å². The molecular weight excluding hydrogens is 172 g/mol. The second-order valence-corrected chi connectivity index (χ2v) is 6.03. The maximum atomic E-state index is 5.78. The molecule has 0 spiro atoms. The summed E-state index contributed by atoms with van der Waals surface area (Å²) in [5.41, 5.74) is 6.37. The molecule has 2 rings (SSSR count). The van der Waals surface area contributed by atoms with E-state index in [1.165, 1.54) is 38.5 Å². The molecule has 0 heterocycles. The summed E-state index contributed by atoms with van der Waals surface area (Å²) in [5, 5.41) is 3.74. The van der Waals surface area contributed by atoms with E-state index in [0.29, 0.717) is 11.5 Å². The van der Waals surface area contributed by atoms with Crippen molar-refractivity contribution in [2.75, 3.05) is 0 Å². The van der Waals surface area contributed by atoms with Gasteiger partial charge in [-0.25, -0.2) is 0 Å². The molecule has 3 N–H and O–H groups in total. The largest absolute Gasteiger partial charge is 0.328 e. The van der Waals surface area contributed by atoms with E-state index in [2.05, 4.69) is 19.2 Å². The van der Waals surface area contributed by atoms with Crippen molar-refractivity contribution in [2.24, 2.45) is 11.1 Å². The fourth-order valence-corrected chi connectivity index (χ4v) is 2.70. The predicted molar refractivity (Wildman–Crippen MR) is 60.2 cm³/mol. The second kappa shape index (κ2) is 3.82. The highest BCUT2D eigenvalue weighted by Crippen LogP contribution is 2.35. The van der Waals surface area contributed by atoms with Gasteiger partial charge in [-0.3, -0.25) is 0 Å². The lowest BCUT2D eigenvalue weighted by atomic mass is 9.75. The maximum absolute atomic E-state index is 5.78. The van der Waals surface area contributed by atoms with Crippen molar-refractivity contribution < 1.29 is 0 Å². The van der Waals surface area contributed by atoms with Crippen molar-refractivity contribution >= 4 is 0 Å². The minimum absolute atomic E-state index is 0.479. The fraction of sp³-hybridized carbons (Fsp3) is 1.00. The topological polar surface area (TPSA) is 38.0 Å². The first kappa shape index (κ1) is 10.4. The van der Waals surface area contributed by atoms with Crippen LogP contribution in [0.1, 0.15) is 52.4 Å². The molecule has 0 aromatic rings. The molecule has 2 aliphatic carbocycles. The summed E-state index contributed by atoms with van der Waals surface area (Å²) in [4.78, 5) is 0. The van der Waals surface area contributed by atoms with Gasteiger partial charge in [-0.2, -0.15) is 0 Å². The first-order chi connectivity index (χ1) is 6.55. The number of nitrogens with one attached hydrogen (secondary N) is 1. The summed E-state index contributed by atoms with van der Waals surface area (Å²) in [6.45, 7) is 4.78. The lowest BCUT2D eigenvalue weighted by Crippen LogP contribution is -2.52. The first-order valence-corrected chi connectivity index (χ1v) is 6.07. The van der Waals surface area contributed by atoms with Crippen molar-refractivity contribution in [1.82, 2.24) is 5.32 Å². The van der Waals surface area contributed by atoms with Gasteiger partial charge >= 0.3 is 0 Å². The Morgan fingerprint density at radius 1 is 1.07 bits per heavy atom. The minimum atomic E-state index is 0.479. The normalized spacial score (nSPS) is 37.9. The van der Waals surface area contributed by atoms with Gasteiger partial charge in [0.2, 0.25) is 0 Å². The highest BCUT2D eigenvalue weighted by molar-refractivity contribution is 4.91. The fourth-order valence-electron chi connectivity index (χ4n) is 2.70. The van der Waals surface area contributed by atoms with Crippen LogP contribution in [0.3, 0.4) is 0 Å². The number of rotatable bonds is 2. The molecule has 0 radical (unpaired) electrons. The van der Waals surface area contributed by atoms with Crippen LogP contribution in [0.2, 0.25) is 0 Å². The number of nitrogens with two attached hydrogens (primary N) is 1. The summed E-state index contributed by atoms with van der Waals surface area (Å²) < 4.78 is 0. The van der Waals surface area contributed by atoms with Crippen molar-refractivity contribution in [1.29, 1.82) is 0 Å². The Labute approximate surface area is 87.6 Å². The molecule has 2 saturated carbocycles. The van der Waals surface area contributed by atoms with Crippen LogP contribution in [0.5, 0.6) is 0 Å². The molecule has 2 fully saturated rings. The standard InChI is InChI=1S/C12H24N2/c1-12(2)5-3-10(4-6-12)14-11-7-9(13)8-11/h9-11,14H,3-8,13H2,1-2H3. The average molecular weight is 196 g/mol. The summed E-state index contributed by atoms with van der Waals surface area (Å²) in [5.74, 6) is 0. The average Bonchev–Trinajstić information content (AvgIpc) is 2.06. The predicted octanol–water partition coefficient (Wildman–Crippen LogP) is 2.03. The van der Waals surface area contributed by atoms with Crippen LogP contribution < -0.4 is 11.1 Å². The molecular formula is C12H24N2. The lowest BCUT2D eigenvalue weighted by molar-refractivity contribution is 0.175. The third-order valence-corrected chi connectivity index (χ3v) is 3.99. The van der Waals surface area contributed by atoms with Gasteiger partial charge in [-0.05, 0) is 43.9 Å². The zero-order chi connectivity index (χ0) is 10.2. The smallest absolute Gasteiger partial charge is 0.00991 e. The monoisotopic (exact) mass is 196 g/mol. The third-order valence-electron chi connectivity index (χ3n) is 3.99. The SMILES string of the molecule is CC1(C)CCC(NC2CC(N)C2)CC1. The van der Waals surface area contributed by atoms with Crippen molar-refractivity contribution in [3.8, 4) is 0 Å². The summed E-state index contributed by atoms with van der Waals surface area (Å²) in [6, 6.07) is 1.99. The Hall–Kier alpha value is -0.0800. The van der Waals surface area contributed by atoms with E-state index in [0.717, 1.165) is 12.1 Å². The van der Waals surface area contributed by atoms with Crippen LogP contribution in [0.25, 0.3) is 0 Å². The zero-order valence-corrected chi connectivity index (χ0v) is 9.55. The van der Waals surface area contributed by atoms with Crippen LogP contribution in [-0.4, -0.2) is 18.1 Å². The Bertz CT molecular complexity index is 184. The molecule has 0 atom stereocenters. The maximum Gasteiger partial charge on any atom is 0.00991 e. The summed E-state index contributed by atoms with van der Waals surface area (Å²) in [6.07, 6.45) is 7.87. The van der Waals surface area contributed by atoms with Gasteiger partial charge in [0.1, 0.15) is 0 Å². The van der Waals surface area contributed by atoms with Gasteiger partial charge in [-0.15, -0.1) is 0 Å². The molecule has 0 bridgehead atoms. The molecule has 0 amide bonds. The second-order valence-electron chi connectivity index (χ2n) is 6.03. The van der Waals surface area contributed by atoms with Gasteiger partial charge in [-0.1, -0.05) is 13.8 Å². The molecule has 0 aromatic carbocycles. The Balaban J connectivity index is 1.69. The third kappa shape index (κ3) is 2.48. The quantitative estimate of drug-likeness (QED) is 0.709. The summed E-state index contributed by atoms with van der Waals surface area (Å²) in [7, 11) is 0. The van der Waals surface area contributed by atoms with Gasteiger partial charge in [0, 0.05) is 18.1 Å². The van der Waals surface area contributed by atoms with E-state index in [9.17, 15) is 0 Å². The number of hydrogen-bond acceptors (Lipinski definition) is 2. The van der Waals surface area contributed by atoms with E-state index >= 15 is 0 Å². The Morgan fingerprint density at radius 3 is 2.14 bits per heavy atom. The molecule has 82 valence electrons. The Kier molecular flexibility index (Phi) is 2.85. The minimum Gasteiger partial charge on any atom is -0.328 e. The molecule has 2 aliphatic rings. The van der Waals surface area contributed by atoms with Crippen molar-refractivity contribution in [3.05, 3.63) is 0 Å². The molecule has 14 heavy (non-hydrogen) atoms. The van der Waals surface area contributed by atoms with E-state index in [1.807, 2.05) is 0 Å². The van der Waals surface area contributed by atoms with Crippen LogP contribution in [-0.2, 0) is 0 Å². The molecule has 0 saturated heterocycles. The van der Waals surface area contributed by atoms with E-state index in [1.54, 1.807) is 0 Å². The van der Waals surface area contributed by atoms with Crippen molar-refractivity contribution in [2.45, 2.75) is 70.5 Å².